The van der Waals surface area contributed by atoms with Crippen molar-refractivity contribution in [2.24, 2.45) is 5.10 Å². The molecule has 0 saturated carbocycles. The van der Waals surface area contributed by atoms with E-state index < -0.39 is 27.4 Å². The highest BCUT2D eigenvalue weighted by Gasteiger charge is 2.22. The van der Waals surface area contributed by atoms with Crippen LogP contribution in [0.1, 0.15) is 5.56 Å². The van der Waals surface area contributed by atoms with Crippen LogP contribution in [0.25, 0.3) is 0 Å². The minimum Gasteiger partial charge on any atom is -0.271 e. The lowest BCUT2D eigenvalue weighted by molar-refractivity contribution is -0.384. The second-order valence-corrected chi connectivity index (χ2v) is 7.03. The van der Waals surface area contributed by atoms with Gasteiger partial charge in [0.1, 0.15) is 6.54 Å². The van der Waals surface area contributed by atoms with Crippen molar-refractivity contribution in [2.45, 2.75) is 0 Å². The fraction of sp³-hybridized carbons (Fsp3) is 0.133. The van der Waals surface area contributed by atoms with Crippen LogP contribution in [0.5, 0.6) is 0 Å². The van der Waals surface area contributed by atoms with Crippen molar-refractivity contribution in [3.05, 3.63) is 64.5 Å². The van der Waals surface area contributed by atoms with E-state index in [-0.39, 0.29) is 11.4 Å². The van der Waals surface area contributed by atoms with E-state index in [1.54, 1.807) is 24.5 Å². The van der Waals surface area contributed by atoms with E-state index in [0.29, 0.717) is 5.56 Å². The second-order valence-electron chi connectivity index (χ2n) is 5.12. The molecule has 1 aromatic carbocycles. The van der Waals surface area contributed by atoms with Gasteiger partial charge in [0.25, 0.3) is 11.6 Å². The highest BCUT2D eigenvalue weighted by atomic mass is 32.2. The number of hydrogen-bond donors (Lipinski definition) is 1. The maximum Gasteiger partial charge on any atom is 0.271 e. The topological polar surface area (TPSA) is 135 Å². The number of anilines is 1. The fourth-order valence-corrected chi connectivity index (χ4v) is 2.80. The Morgan fingerprint density at radius 2 is 2.04 bits per heavy atom. The summed E-state index contributed by atoms with van der Waals surface area (Å²) in [4.78, 5) is 26.1. The summed E-state index contributed by atoms with van der Waals surface area (Å²) in [5.74, 6) is -0.702. The normalized spacial score (nSPS) is 11.3. The number of carbonyl (C=O) groups is 1. The summed E-state index contributed by atoms with van der Waals surface area (Å²) >= 11 is 0. The molecule has 0 aliphatic rings. The van der Waals surface area contributed by atoms with E-state index in [1.807, 2.05) is 0 Å². The Labute approximate surface area is 149 Å². The van der Waals surface area contributed by atoms with E-state index in [9.17, 15) is 23.3 Å². The SMILES string of the molecule is CS(=O)(=O)N(CC(=O)N/N=C\c1ccncc1)c1cccc([N+](=O)[O-])c1. The van der Waals surface area contributed by atoms with Crippen molar-refractivity contribution in [3.8, 4) is 0 Å². The number of sulfonamides is 1. The minimum atomic E-state index is -3.84. The van der Waals surface area contributed by atoms with Crippen LogP contribution in [0.15, 0.2) is 53.9 Å². The first-order valence-electron chi connectivity index (χ1n) is 7.21. The molecule has 136 valence electrons. The van der Waals surface area contributed by atoms with Crippen LogP contribution in [0.4, 0.5) is 11.4 Å². The van der Waals surface area contributed by atoms with Gasteiger partial charge < -0.3 is 0 Å². The number of non-ortho nitro benzene ring substituents is 1. The van der Waals surface area contributed by atoms with E-state index in [0.717, 1.165) is 16.6 Å². The molecule has 1 N–H and O–H groups in total. The molecule has 1 aromatic heterocycles. The second kappa shape index (κ2) is 8.16. The Kier molecular flexibility index (Phi) is 5.96. The molecule has 0 radical (unpaired) electrons. The summed E-state index contributed by atoms with van der Waals surface area (Å²) in [6.45, 7) is -0.576. The van der Waals surface area contributed by atoms with Gasteiger partial charge in [-0.25, -0.2) is 13.8 Å². The molecule has 10 nitrogen and oxygen atoms in total. The number of nitrogens with one attached hydrogen (secondary N) is 1. The van der Waals surface area contributed by atoms with Crippen molar-refractivity contribution in [1.82, 2.24) is 10.4 Å². The predicted molar refractivity (Wildman–Crippen MR) is 95.3 cm³/mol. The van der Waals surface area contributed by atoms with Crippen molar-refractivity contribution in [1.29, 1.82) is 0 Å². The number of carbonyl (C=O) groups excluding carboxylic acids is 1. The molecule has 0 fully saturated rings. The fourth-order valence-electron chi connectivity index (χ4n) is 1.96. The number of aromatic nitrogens is 1. The number of benzene rings is 1. The number of pyridine rings is 1. The van der Waals surface area contributed by atoms with E-state index >= 15 is 0 Å². The largest absolute Gasteiger partial charge is 0.271 e. The monoisotopic (exact) mass is 377 g/mol. The predicted octanol–water partition coefficient (Wildman–Crippen LogP) is 0.906. The van der Waals surface area contributed by atoms with Crippen molar-refractivity contribution >= 4 is 33.5 Å². The first kappa shape index (κ1) is 19.0. The van der Waals surface area contributed by atoms with Crippen molar-refractivity contribution in [3.63, 3.8) is 0 Å². The van der Waals surface area contributed by atoms with E-state index in [2.05, 4.69) is 15.5 Å². The quantitative estimate of drug-likeness (QED) is 0.433. The number of nitrogens with zero attached hydrogens (tertiary/aromatic N) is 4. The Hall–Kier alpha value is -3.34. The summed E-state index contributed by atoms with van der Waals surface area (Å²) in [5.41, 5.74) is 2.63. The number of amides is 1. The Balaban J connectivity index is 2.13. The van der Waals surface area contributed by atoms with Crippen LogP contribution < -0.4 is 9.73 Å². The van der Waals surface area contributed by atoms with Gasteiger partial charge in [-0.2, -0.15) is 5.10 Å². The number of hydrogen-bond acceptors (Lipinski definition) is 7. The highest BCUT2D eigenvalue weighted by molar-refractivity contribution is 7.92. The molecule has 0 aliphatic carbocycles. The van der Waals surface area contributed by atoms with Crippen LogP contribution in [-0.4, -0.2) is 43.2 Å². The Bertz CT molecular complexity index is 930. The third kappa shape index (κ3) is 5.34. The number of rotatable bonds is 7. The zero-order chi connectivity index (χ0) is 19.2. The van der Waals surface area contributed by atoms with Gasteiger partial charge in [-0.05, 0) is 23.8 Å². The molecule has 0 atom stereocenters. The summed E-state index contributed by atoms with van der Waals surface area (Å²) in [5, 5.41) is 14.6. The Morgan fingerprint density at radius 3 is 2.65 bits per heavy atom. The number of hydrazone groups is 1. The lowest BCUT2D eigenvalue weighted by atomic mass is 10.3. The average Bonchev–Trinajstić information content (AvgIpc) is 2.59. The van der Waals surface area contributed by atoms with Gasteiger partial charge in [-0.3, -0.25) is 24.2 Å². The van der Waals surface area contributed by atoms with E-state index in [4.69, 9.17) is 0 Å². The van der Waals surface area contributed by atoms with Crippen LogP contribution >= 0.6 is 0 Å². The van der Waals surface area contributed by atoms with Crippen LogP contribution in [-0.2, 0) is 14.8 Å². The third-order valence-corrected chi connectivity index (χ3v) is 4.27. The first-order valence-corrected chi connectivity index (χ1v) is 9.06. The number of nitro groups is 1. The molecule has 1 amide bonds. The molecule has 0 saturated heterocycles. The Morgan fingerprint density at radius 1 is 1.35 bits per heavy atom. The van der Waals surface area contributed by atoms with Crippen molar-refractivity contribution in [2.75, 3.05) is 17.1 Å². The molecule has 0 bridgehead atoms. The molecule has 0 aliphatic heterocycles. The standard InChI is InChI=1S/C15H15N5O5S/c1-26(24,25)19(13-3-2-4-14(9-13)20(22)23)11-15(21)18-17-10-12-5-7-16-8-6-12/h2-10H,11H2,1H3,(H,18,21)/b17-10-. The molecule has 2 aromatic rings. The summed E-state index contributed by atoms with van der Waals surface area (Å²) < 4.78 is 24.7. The molecule has 2 rings (SSSR count). The smallest absolute Gasteiger partial charge is 0.271 e. The highest BCUT2D eigenvalue weighted by Crippen LogP contribution is 2.22. The lowest BCUT2D eigenvalue weighted by Crippen LogP contribution is -2.39. The molecular weight excluding hydrogens is 362 g/mol. The lowest BCUT2D eigenvalue weighted by Gasteiger charge is -2.21. The molecular formula is C15H15N5O5S. The van der Waals surface area contributed by atoms with Crippen LogP contribution in [0.2, 0.25) is 0 Å². The zero-order valence-electron chi connectivity index (χ0n) is 13.6. The maximum absolute atomic E-state index is 12.0. The van der Waals surface area contributed by atoms with Gasteiger partial charge >= 0.3 is 0 Å². The third-order valence-electron chi connectivity index (χ3n) is 3.13. The summed E-state index contributed by atoms with van der Waals surface area (Å²) in [6, 6.07) is 8.34. The van der Waals surface area contributed by atoms with Gasteiger partial charge in [-0.1, -0.05) is 6.07 Å². The van der Waals surface area contributed by atoms with Crippen LogP contribution in [0.3, 0.4) is 0 Å². The summed E-state index contributed by atoms with van der Waals surface area (Å²) in [7, 11) is -3.84. The van der Waals surface area contributed by atoms with Gasteiger partial charge in [0.05, 0.1) is 23.1 Å². The van der Waals surface area contributed by atoms with Crippen LogP contribution in [0, 0.1) is 10.1 Å². The summed E-state index contributed by atoms with van der Waals surface area (Å²) in [6.07, 6.45) is 5.38. The first-order chi connectivity index (χ1) is 12.3. The zero-order valence-corrected chi connectivity index (χ0v) is 14.5. The molecule has 1 heterocycles. The maximum atomic E-state index is 12.0. The minimum absolute atomic E-state index is 0.00923. The van der Waals surface area contributed by atoms with Gasteiger partial charge in [0, 0.05) is 24.5 Å². The van der Waals surface area contributed by atoms with Gasteiger partial charge in [-0.15, -0.1) is 0 Å². The van der Waals surface area contributed by atoms with Gasteiger partial charge in [0.15, 0.2) is 0 Å². The molecule has 26 heavy (non-hydrogen) atoms. The van der Waals surface area contributed by atoms with E-state index in [1.165, 1.54) is 24.4 Å². The molecule has 11 heteroatoms. The average molecular weight is 377 g/mol. The van der Waals surface area contributed by atoms with Gasteiger partial charge in [0.2, 0.25) is 10.0 Å². The van der Waals surface area contributed by atoms with Crippen molar-refractivity contribution < 1.29 is 18.1 Å². The number of nitro benzene ring substituents is 1. The molecule has 0 unspecified atom stereocenters. The molecule has 0 spiro atoms.